The summed E-state index contributed by atoms with van der Waals surface area (Å²) in [7, 11) is 1.55. The number of aliphatic hydroxyl groups is 1. The van der Waals surface area contributed by atoms with E-state index in [0.29, 0.717) is 84.5 Å². The van der Waals surface area contributed by atoms with Crippen molar-refractivity contribution in [1.29, 1.82) is 0 Å². The van der Waals surface area contributed by atoms with Crippen LogP contribution in [0.1, 0.15) is 49.3 Å². The number of methoxy groups -OCH3 is 1. The summed E-state index contributed by atoms with van der Waals surface area (Å²) in [5.41, 5.74) is 0.594. The number of carboxylic acid groups (broad SMARTS) is 1. The largest absolute Gasteiger partial charge is 0.497 e. The van der Waals surface area contributed by atoms with Gasteiger partial charge in [0, 0.05) is 17.1 Å². The van der Waals surface area contributed by atoms with E-state index in [9.17, 15) is 23.8 Å². The molecule has 1 aromatic heterocycles. The molecule has 2 aromatic carbocycles. The number of benzene rings is 2. The highest BCUT2D eigenvalue weighted by Crippen LogP contribution is 2.41. The molecular formula is C28H31ClF2N2O4. The molecule has 2 heterocycles. The molecule has 0 unspecified atom stereocenters. The van der Waals surface area contributed by atoms with Gasteiger partial charge in [-0.25, -0.2) is 8.78 Å². The molecule has 1 atom stereocenters. The molecule has 2 N–H and O–H groups in total. The highest BCUT2D eigenvalue weighted by molar-refractivity contribution is 6.32. The van der Waals surface area contributed by atoms with Gasteiger partial charge in [0.15, 0.2) is 11.6 Å². The van der Waals surface area contributed by atoms with Crippen molar-refractivity contribution in [1.82, 2.24) is 9.88 Å². The average molecular weight is 533 g/mol. The topological polar surface area (TPSA) is 82.9 Å². The highest BCUT2D eigenvalue weighted by Gasteiger charge is 2.41. The van der Waals surface area contributed by atoms with E-state index < -0.39 is 29.1 Å². The number of hydrogen-bond acceptors (Lipinski definition) is 5. The summed E-state index contributed by atoms with van der Waals surface area (Å²) in [6.07, 6.45) is 3.04. The molecule has 0 saturated carbocycles. The fourth-order valence-electron chi connectivity index (χ4n) is 5.20. The van der Waals surface area contributed by atoms with Gasteiger partial charge in [-0.3, -0.25) is 9.78 Å². The normalized spacial score (nSPS) is 16.6. The fraction of sp³-hybridized carbons (Fsp3) is 0.429. The molecule has 37 heavy (non-hydrogen) atoms. The summed E-state index contributed by atoms with van der Waals surface area (Å²) in [6, 6.07) is 9.54. The Labute approximate surface area is 219 Å². The summed E-state index contributed by atoms with van der Waals surface area (Å²) in [6.45, 7) is 1.85. The monoisotopic (exact) mass is 532 g/mol. The van der Waals surface area contributed by atoms with Crippen LogP contribution in [0.4, 0.5) is 8.78 Å². The number of aliphatic hydroxyl groups excluding tert-OH is 1. The van der Waals surface area contributed by atoms with Gasteiger partial charge in [0.2, 0.25) is 0 Å². The Bertz CT molecular complexity index is 1260. The van der Waals surface area contributed by atoms with E-state index in [-0.39, 0.29) is 6.42 Å². The van der Waals surface area contributed by atoms with Gasteiger partial charge in [0.25, 0.3) is 0 Å². The third kappa shape index (κ3) is 6.03. The van der Waals surface area contributed by atoms with E-state index in [1.807, 2.05) is 0 Å². The molecule has 4 rings (SSSR count). The van der Waals surface area contributed by atoms with E-state index in [4.69, 9.17) is 16.3 Å². The number of halogens is 3. The lowest BCUT2D eigenvalue weighted by molar-refractivity contribution is -0.153. The van der Waals surface area contributed by atoms with Crippen LogP contribution in [0.5, 0.6) is 5.75 Å². The molecule has 0 amide bonds. The van der Waals surface area contributed by atoms with Gasteiger partial charge in [-0.15, -0.1) is 0 Å². The maximum Gasteiger partial charge on any atom is 0.309 e. The van der Waals surface area contributed by atoms with Crippen LogP contribution in [-0.2, 0) is 11.2 Å². The molecule has 1 saturated heterocycles. The Kier molecular flexibility index (Phi) is 8.62. The quantitative estimate of drug-likeness (QED) is 0.344. The Hall–Kier alpha value is -2.81. The first-order valence-corrected chi connectivity index (χ1v) is 12.8. The maximum atomic E-state index is 13.9. The molecule has 0 aliphatic carbocycles. The third-order valence-corrected chi connectivity index (χ3v) is 7.82. The molecular weight excluding hydrogens is 502 g/mol. The molecule has 1 fully saturated rings. The third-order valence-electron chi connectivity index (χ3n) is 7.52. The number of fused-ring (bicyclic) bond motifs is 1. The standard InChI is InChI=1S/C28H31ClF2N2O4/c1-37-19-7-8-23-20(16-19)25(21(29)17-32-23)24(34)9-10-28(27(35)36)11-14-33(15-12-28)13-3-5-18-4-2-6-22(30)26(18)31/h2,4,6-8,16-17,24,34H,3,5,9-15H2,1H3,(H,35,36)/t24-/m0/s1. The minimum absolute atomic E-state index is 0.237. The lowest BCUT2D eigenvalue weighted by Crippen LogP contribution is -2.44. The summed E-state index contributed by atoms with van der Waals surface area (Å²) < 4.78 is 32.6. The minimum Gasteiger partial charge on any atom is -0.497 e. The lowest BCUT2D eigenvalue weighted by Gasteiger charge is -2.39. The fourth-order valence-corrected chi connectivity index (χ4v) is 5.48. The first-order valence-electron chi connectivity index (χ1n) is 12.4. The van der Waals surface area contributed by atoms with Gasteiger partial charge < -0.3 is 19.8 Å². The van der Waals surface area contributed by atoms with E-state index in [0.717, 1.165) is 6.07 Å². The Morgan fingerprint density at radius 2 is 2.00 bits per heavy atom. The molecule has 0 radical (unpaired) electrons. The van der Waals surface area contributed by atoms with Gasteiger partial charge in [0.05, 0.1) is 29.2 Å². The number of hydrogen-bond donors (Lipinski definition) is 2. The molecule has 9 heteroatoms. The van der Waals surface area contributed by atoms with E-state index in [1.165, 1.54) is 12.3 Å². The second-order valence-corrected chi connectivity index (χ2v) is 10.1. The number of pyridine rings is 1. The van der Waals surface area contributed by atoms with Crippen LogP contribution < -0.4 is 4.74 Å². The second kappa shape index (κ2) is 11.7. The number of piperidine rings is 1. The van der Waals surface area contributed by atoms with Crippen LogP contribution in [0.15, 0.2) is 42.6 Å². The van der Waals surface area contributed by atoms with Crippen molar-refractivity contribution >= 4 is 28.5 Å². The zero-order valence-corrected chi connectivity index (χ0v) is 21.5. The van der Waals surface area contributed by atoms with Crippen molar-refractivity contribution in [2.24, 2.45) is 5.41 Å². The van der Waals surface area contributed by atoms with Crippen LogP contribution in [-0.4, -0.2) is 52.8 Å². The van der Waals surface area contributed by atoms with Crippen LogP contribution in [0.3, 0.4) is 0 Å². The molecule has 1 aliphatic rings. The van der Waals surface area contributed by atoms with Gasteiger partial charge in [-0.05, 0) is 88.0 Å². The smallest absolute Gasteiger partial charge is 0.309 e. The molecule has 3 aromatic rings. The predicted octanol–water partition coefficient (Wildman–Crippen LogP) is 5.79. The number of carboxylic acids is 1. The van der Waals surface area contributed by atoms with E-state index in [1.54, 1.807) is 31.4 Å². The van der Waals surface area contributed by atoms with Gasteiger partial charge in [0.1, 0.15) is 5.75 Å². The number of aryl methyl sites for hydroxylation is 1. The van der Waals surface area contributed by atoms with Crippen molar-refractivity contribution in [2.75, 3.05) is 26.7 Å². The first-order chi connectivity index (χ1) is 17.7. The Morgan fingerprint density at radius 3 is 2.70 bits per heavy atom. The van der Waals surface area contributed by atoms with Crippen LogP contribution in [0, 0.1) is 17.0 Å². The van der Waals surface area contributed by atoms with Gasteiger partial charge in [-0.2, -0.15) is 0 Å². The van der Waals surface area contributed by atoms with Crippen LogP contribution >= 0.6 is 11.6 Å². The number of nitrogens with zero attached hydrogens (tertiary/aromatic N) is 2. The SMILES string of the molecule is COc1ccc2ncc(Cl)c([C@@H](O)CCC3(C(=O)O)CCN(CCCc4cccc(F)c4F)CC3)c2c1. The summed E-state index contributed by atoms with van der Waals surface area (Å²) in [5, 5.41) is 22.2. The number of rotatable bonds is 10. The van der Waals surface area contributed by atoms with Crippen molar-refractivity contribution in [3.05, 3.63) is 70.4 Å². The van der Waals surface area contributed by atoms with Crippen molar-refractivity contribution in [2.45, 2.75) is 44.6 Å². The zero-order chi connectivity index (χ0) is 26.6. The molecule has 1 aliphatic heterocycles. The van der Waals surface area contributed by atoms with Crippen molar-refractivity contribution in [3.63, 3.8) is 0 Å². The van der Waals surface area contributed by atoms with Crippen LogP contribution in [0.2, 0.25) is 5.02 Å². The Morgan fingerprint density at radius 1 is 1.24 bits per heavy atom. The van der Waals surface area contributed by atoms with Gasteiger partial charge >= 0.3 is 5.97 Å². The molecule has 0 spiro atoms. The molecule has 198 valence electrons. The summed E-state index contributed by atoms with van der Waals surface area (Å²) in [4.78, 5) is 18.8. The lowest BCUT2D eigenvalue weighted by atomic mass is 9.74. The predicted molar refractivity (Wildman–Crippen MR) is 138 cm³/mol. The zero-order valence-electron chi connectivity index (χ0n) is 20.7. The molecule has 6 nitrogen and oxygen atoms in total. The first kappa shape index (κ1) is 27.2. The number of carbonyl (C=O) groups is 1. The van der Waals surface area contributed by atoms with Crippen molar-refractivity contribution < 1.29 is 28.5 Å². The number of likely N-dealkylation sites (tertiary alicyclic amines) is 1. The minimum atomic E-state index is -0.958. The number of aromatic nitrogens is 1. The maximum absolute atomic E-state index is 13.9. The summed E-state index contributed by atoms with van der Waals surface area (Å²) >= 11 is 6.41. The number of ether oxygens (including phenoxy) is 1. The highest BCUT2D eigenvalue weighted by atomic mass is 35.5. The summed E-state index contributed by atoms with van der Waals surface area (Å²) in [5.74, 6) is -1.90. The molecule has 0 bridgehead atoms. The second-order valence-electron chi connectivity index (χ2n) is 9.70. The van der Waals surface area contributed by atoms with Crippen LogP contribution in [0.25, 0.3) is 10.9 Å². The average Bonchev–Trinajstić information content (AvgIpc) is 2.90. The van der Waals surface area contributed by atoms with E-state index in [2.05, 4.69) is 9.88 Å². The van der Waals surface area contributed by atoms with Crippen molar-refractivity contribution in [3.8, 4) is 5.75 Å². The van der Waals surface area contributed by atoms with Gasteiger partial charge in [-0.1, -0.05) is 23.7 Å². The van der Waals surface area contributed by atoms with E-state index >= 15 is 0 Å². The Balaban J connectivity index is 1.37. The number of aliphatic carboxylic acids is 1.